The number of rotatable bonds is 10. The highest BCUT2D eigenvalue weighted by Gasteiger charge is 2.35. The molecule has 2 unspecified atom stereocenters. The normalized spacial score (nSPS) is 16.3. The number of amides is 1. The van der Waals surface area contributed by atoms with Crippen molar-refractivity contribution in [1.29, 1.82) is 0 Å². The average molecular weight is 681 g/mol. The second kappa shape index (κ2) is 14.0. The zero-order valence-electron chi connectivity index (χ0n) is 26.3. The van der Waals surface area contributed by atoms with Gasteiger partial charge in [0.25, 0.3) is 16.3 Å². The summed E-state index contributed by atoms with van der Waals surface area (Å²) < 4.78 is 79.3. The summed E-state index contributed by atoms with van der Waals surface area (Å²) in [5, 5.41) is 12.8. The van der Waals surface area contributed by atoms with Gasteiger partial charge in [0.15, 0.2) is 5.69 Å². The van der Waals surface area contributed by atoms with E-state index in [-0.39, 0.29) is 28.8 Å². The standard InChI is InChI=1S/C30H35F3N6O7S/c1-19-6-8-22(9-7-19)25-16-26(30(31,32)33)34-39(25)23-10-12-24(13-11-23)47(42,43)35-28(41)44-18-21-14-15-38(17-21)36-37-46-20(2)45-27(40)29(3,4)5/h6-13,16,20-21H,14-15,17-18H2,1-5H3,(H,35,41). The van der Waals surface area contributed by atoms with Crippen molar-refractivity contribution in [2.24, 2.45) is 21.8 Å². The summed E-state index contributed by atoms with van der Waals surface area (Å²) in [5.74, 6) is -0.628. The Hall–Kier alpha value is -4.67. The maximum atomic E-state index is 13.5. The van der Waals surface area contributed by atoms with E-state index in [0.717, 1.165) is 28.4 Å². The summed E-state index contributed by atoms with van der Waals surface area (Å²) in [6.07, 6.45) is -6.27. The number of carbonyl (C=O) groups excluding carboxylic acids is 2. The SMILES string of the molecule is Cc1ccc(-c2cc(C(F)(F)F)nn2-c2ccc(S(=O)(=O)NC(=O)OCC3CCN(N=NOC(C)OC(=O)C(C)(C)C)C3)cc2)cc1. The number of nitrogens with one attached hydrogen (secondary N) is 1. The van der Waals surface area contributed by atoms with Gasteiger partial charge in [-0.25, -0.2) is 22.6 Å². The molecule has 254 valence electrons. The molecule has 1 N–H and O–H groups in total. The second-order valence-electron chi connectivity index (χ2n) is 12.0. The van der Waals surface area contributed by atoms with E-state index in [0.29, 0.717) is 25.1 Å². The topological polar surface area (TPSA) is 154 Å². The summed E-state index contributed by atoms with van der Waals surface area (Å²) in [6.45, 7) is 9.17. The number of aryl methyl sites for hydroxylation is 1. The molecule has 0 bridgehead atoms. The summed E-state index contributed by atoms with van der Waals surface area (Å²) in [5.41, 5.74) is -0.0773. The lowest BCUT2D eigenvalue weighted by atomic mass is 9.97. The molecule has 2 aromatic carbocycles. The molecule has 0 aliphatic carbocycles. The smallest absolute Gasteiger partial charge is 0.435 e. The van der Waals surface area contributed by atoms with Gasteiger partial charge in [-0.3, -0.25) is 9.80 Å². The van der Waals surface area contributed by atoms with Crippen molar-refractivity contribution in [3.8, 4) is 16.9 Å². The molecule has 2 atom stereocenters. The Kier molecular flexibility index (Phi) is 10.5. The average Bonchev–Trinajstić information content (AvgIpc) is 3.64. The lowest BCUT2D eigenvalue weighted by Gasteiger charge is -2.19. The molecule has 1 saturated heterocycles. The Morgan fingerprint density at radius 3 is 2.36 bits per heavy atom. The van der Waals surface area contributed by atoms with Gasteiger partial charge >= 0.3 is 18.2 Å². The molecule has 0 radical (unpaired) electrons. The van der Waals surface area contributed by atoms with E-state index >= 15 is 0 Å². The number of benzene rings is 2. The van der Waals surface area contributed by atoms with Crippen LogP contribution in [0.2, 0.25) is 0 Å². The Morgan fingerprint density at radius 1 is 1.09 bits per heavy atom. The first-order valence-electron chi connectivity index (χ1n) is 14.5. The molecule has 2 heterocycles. The summed E-state index contributed by atoms with van der Waals surface area (Å²) >= 11 is 0. The number of halogens is 3. The maximum Gasteiger partial charge on any atom is 0.435 e. The predicted octanol–water partition coefficient (Wildman–Crippen LogP) is 5.84. The highest BCUT2D eigenvalue weighted by Crippen LogP contribution is 2.33. The van der Waals surface area contributed by atoms with Gasteiger partial charge in [0.05, 0.1) is 28.3 Å². The van der Waals surface area contributed by atoms with E-state index in [9.17, 15) is 31.2 Å². The zero-order chi connectivity index (χ0) is 34.6. The highest BCUT2D eigenvalue weighted by atomic mass is 32.2. The van der Waals surface area contributed by atoms with Gasteiger partial charge in [0.1, 0.15) is 0 Å². The number of sulfonamides is 1. The Bertz CT molecular complexity index is 1700. The number of nitrogens with zero attached hydrogens (tertiary/aromatic N) is 5. The summed E-state index contributed by atoms with van der Waals surface area (Å²) in [6, 6.07) is 12.6. The second-order valence-corrected chi connectivity index (χ2v) is 13.6. The van der Waals surface area contributed by atoms with E-state index in [1.807, 2.05) is 11.6 Å². The quantitative estimate of drug-likeness (QED) is 0.120. The van der Waals surface area contributed by atoms with Crippen molar-refractivity contribution in [3.63, 3.8) is 0 Å². The van der Waals surface area contributed by atoms with Gasteiger partial charge < -0.3 is 14.3 Å². The van der Waals surface area contributed by atoms with Gasteiger partial charge in [0, 0.05) is 36.8 Å². The molecule has 47 heavy (non-hydrogen) atoms. The fourth-order valence-corrected chi connectivity index (χ4v) is 5.21. The van der Waals surface area contributed by atoms with Crippen molar-refractivity contribution < 1.29 is 45.5 Å². The number of ether oxygens (including phenoxy) is 2. The first-order valence-corrected chi connectivity index (χ1v) is 16.0. The van der Waals surface area contributed by atoms with Crippen molar-refractivity contribution in [2.75, 3.05) is 19.7 Å². The fourth-order valence-electron chi connectivity index (χ4n) is 4.32. The number of alkyl halides is 3. The third kappa shape index (κ3) is 9.43. The van der Waals surface area contributed by atoms with Crippen LogP contribution in [0.15, 0.2) is 70.0 Å². The Balaban J connectivity index is 1.31. The minimum absolute atomic E-state index is 0.102. The van der Waals surface area contributed by atoms with Gasteiger partial charge in [-0.15, -0.1) is 0 Å². The van der Waals surface area contributed by atoms with E-state index in [1.165, 1.54) is 19.1 Å². The summed E-state index contributed by atoms with van der Waals surface area (Å²) in [4.78, 5) is 29.0. The predicted molar refractivity (Wildman–Crippen MR) is 161 cm³/mol. The van der Waals surface area contributed by atoms with Crippen LogP contribution in [0.3, 0.4) is 0 Å². The maximum absolute atomic E-state index is 13.5. The number of hydrogen-bond donors (Lipinski definition) is 1. The van der Waals surface area contributed by atoms with Crippen molar-refractivity contribution >= 4 is 22.1 Å². The van der Waals surface area contributed by atoms with Crippen LogP contribution in [0.25, 0.3) is 16.9 Å². The molecule has 3 aromatic rings. The number of carbonyl (C=O) groups is 2. The molecule has 0 spiro atoms. The van der Waals surface area contributed by atoms with E-state index in [4.69, 9.17) is 14.3 Å². The van der Waals surface area contributed by atoms with Crippen molar-refractivity contribution in [3.05, 3.63) is 65.9 Å². The first-order chi connectivity index (χ1) is 21.9. The van der Waals surface area contributed by atoms with Crippen LogP contribution in [0, 0.1) is 18.3 Å². The molecular formula is C30H35F3N6O7S. The number of aromatic nitrogens is 2. The third-order valence-corrected chi connectivity index (χ3v) is 8.24. The fraction of sp³-hybridized carbons (Fsp3) is 0.433. The van der Waals surface area contributed by atoms with E-state index in [2.05, 4.69) is 15.6 Å². The van der Waals surface area contributed by atoms with Gasteiger partial charge in [-0.05, 0) is 69.7 Å². The monoisotopic (exact) mass is 680 g/mol. The molecule has 4 rings (SSSR count). The number of hydrogen-bond acceptors (Lipinski definition) is 10. The van der Waals surface area contributed by atoms with Crippen LogP contribution in [-0.4, -0.2) is 61.3 Å². The van der Waals surface area contributed by atoms with Crippen molar-refractivity contribution in [1.82, 2.24) is 19.5 Å². The summed E-state index contributed by atoms with van der Waals surface area (Å²) in [7, 11) is -4.37. The lowest BCUT2D eigenvalue weighted by molar-refractivity contribution is -0.186. The Morgan fingerprint density at radius 2 is 1.74 bits per heavy atom. The van der Waals surface area contributed by atoms with Crippen molar-refractivity contribution in [2.45, 2.75) is 58.4 Å². The van der Waals surface area contributed by atoms with Crippen LogP contribution in [-0.2, 0) is 35.3 Å². The van der Waals surface area contributed by atoms with Gasteiger partial charge in [0.2, 0.25) is 0 Å². The van der Waals surface area contributed by atoms with Crippen LogP contribution in [0.4, 0.5) is 18.0 Å². The van der Waals surface area contributed by atoms with Crippen LogP contribution >= 0.6 is 0 Å². The molecule has 1 aromatic heterocycles. The van der Waals surface area contributed by atoms with Crippen LogP contribution in [0.5, 0.6) is 0 Å². The van der Waals surface area contributed by atoms with Gasteiger partial charge in [-0.2, -0.15) is 18.3 Å². The Labute approximate surface area is 269 Å². The minimum atomic E-state index is -4.70. The third-order valence-electron chi connectivity index (χ3n) is 6.91. The molecule has 13 nitrogen and oxygen atoms in total. The molecule has 1 aliphatic heterocycles. The molecule has 1 aliphatic rings. The molecule has 17 heteroatoms. The highest BCUT2D eigenvalue weighted by molar-refractivity contribution is 7.90. The van der Waals surface area contributed by atoms with Crippen LogP contribution in [0.1, 0.15) is 45.4 Å². The molecule has 1 fully saturated rings. The first kappa shape index (κ1) is 35.2. The van der Waals surface area contributed by atoms with E-state index < -0.39 is 45.7 Å². The van der Waals surface area contributed by atoms with Crippen LogP contribution < -0.4 is 4.72 Å². The molecule has 1 amide bonds. The lowest BCUT2D eigenvalue weighted by Crippen LogP contribution is -2.32. The zero-order valence-corrected chi connectivity index (χ0v) is 27.1. The minimum Gasteiger partial charge on any atom is -0.448 e. The van der Waals surface area contributed by atoms with E-state index in [1.54, 1.807) is 50.0 Å². The molecule has 0 saturated carbocycles. The molecular weight excluding hydrogens is 645 g/mol. The number of esters is 1. The largest absolute Gasteiger partial charge is 0.448 e. The van der Waals surface area contributed by atoms with Gasteiger partial charge in [-0.1, -0.05) is 29.8 Å².